The minimum absolute atomic E-state index is 0.0107. The SMILES string of the molecule is O=C(O)NCCN(C(=O)C(Cl)Cl)c1cccc(-c2cc(-c3c(Cl)cccc3Cl)no2)c1. The maximum atomic E-state index is 12.5. The van der Waals surface area contributed by atoms with Crippen LogP contribution in [0.25, 0.3) is 22.6 Å². The number of alkyl halides is 2. The minimum Gasteiger partial charge on any atom is -0.465 e. The van der Waals surface area contributed by atoms with Gasteiger partial charge >= 0.3 is 6.09 Å². The number of nitrogens with one attached hydrogen (secondary N) is 1. The third-order valence-electron chi connectivity index (χ3n) is 4.24. The highest BCUT2D eigenvalue weighted by atomic mass is 35.5. The summed E-state index contributed by atoms with van der Waals surface area (Å²) < 4.78 is 5.46. The van der Waals surface area contributed by atoms with Crippen molar-refractivity contribution in [2.24, 2.45) is 0 Å². The summed E-state index contributed by atoms with van der Waals surface area (Å²) in [5.41, 5.74) is 2.07. The third-order valence-corrected chi connectivity index (χ3v) is 5.24. The second-order valence-corrected chi connectivity index (χ2v) is 8.16. The van der Waals surface area contributed by atoms with Gasteiger partial charge in [-0.15, -0.1) is 0 Å². The van der Waals surface area contributed by atoms with Gasteiger partial charge in [-0.3, -0.25) is 4.79 Å². The third kappa shape index (κ3) is 5.62. The van der Waals surface area contributed by atoms with Crippen molar-refractivity contribution in [2.45, 2.75) is 4.84 Å². The Bertz CT molecular complexity index is 1080. The lowest BCUT2D eigenvalue weighted by molar-refractivity contribution is -0.117. The smallest absolute Gasteiger partial charge is 0.404 e. The number of benzene rings is 2. The lowest BCUT2D eigenvalue weighted by Gasteiger charge is -2.23. The Morgan fingerprint density at radius 2 is 1.77 bits per heavy atom. The fraction of sp³-hybridized carbons (Fsp3) is 0.150. The van der Waals surface area contributed by atoms with Crippen molar-refractivity contribution in [2.75, 3.05) is 18.0 Å². The van der Waals surface area contributed by atoms with Gasteiger partial charge in [0, 0.05) is 36.0 Å². The molecule has 0 aliphatic rings. The molecule has 2 N–H and O–H groups in total. The number of rotatable bonds is 7. The van der Waals surface area contributed by atoms with Crippen molar-refractivity contribution in [1.29, 1.82) is 0 Å². The van der Waals surface area contributed by atoms with Gasteiger partial charge in [0.1, 0.15) is 5.69 Å². The zero-order valence-corrected chi connectivity index (χ0v) is 18.7. The Morgan fingerprint density at radius 1 is 1.10 bits per heavy atom. The molecule has 3 rings (SSSR count). The number of halogens is 4. The summed E-state index contributed by atoms with van der Waals surface area (Å²) in [4.78, 5) is 23.1. The maximum absolute atomic E-state index is 12.5. The van der Waals surface area contributed by atoms with E-state index in [-0.39, 0.29) is 13.1 Å². The molecule has 0 radical (unpaired) electrons. The molecule has 1 aromatic heterocycles. The Labute approximate surface area is 197 Å². The molecule has 11 heteroatoms. The van der Waals surface area contributed by atoms with E-state index < -0.39 is 16.8 Å². The van der Waals surface area contributed by atoms with Crippen LogP contribution in [0.1, 0.15) is 0 Å². The first-order chi connectivity index (χ1) is 14.8. The number of carbonyl (C=O) groups excluding carboxylic acids is 1. The molecule has 7 nitrogen and oxygen atoms in total. The van der Waals surface area contributed by atoms with Gasteiger partial charge in [-0.1, -0.05) is 69.8 Å². The van der Waals surface area contributed by atoms with Crippen LogP contribution in [0.2, 0.25) is 10.0 Å². The number of hydrogen-bond acceptors (Lipinski definition) is 4. The molecule has 0 unspecified atom stereocenters. The Hall–Kier alpha value is -2.45. The standard InChI is InChI=1S/C20H15Cl4N3O4/c21-13-5-2-6-14(22)17(13)15-10-16(31-26-15)11-3-1-4-12(9-11)27(19(28)18(23)24)8-7-25-20(29)30/h1-6,9-10,18,25H,7-8H2,(H,29,30). The van der Waals surface area contributed by atoms with Gasteiger partial charge < -0.3 is 19.8 Å². The summed E-state index contributed by atoms with van der Waals surface area (Å²) >= 11 is 24.0. The van der Waals surface area contributed by atoms with Crippen molar-refractivity contribution < 1.29 is 19.2 Å². The molecule has 1 heterocycles. The fourth-order valence-electron chi connectivity index (χ4n) is 2.86. The van der Waals surface area contributed by atoms with Crippen molar-refractivity contribution in [3.05, 3.63) is 58.6 Å². The van der Waals surface area contributed by atoms with Crippen LogP contribution in [-0.2, 0) is 4.79 Å². The van der Waals surface area contributed by atoms with Crippen LogP contribution in [0.4, 0.5) is 10.5 Å². The van der Waals surface area contributed by atoms with Crippen LogP contribution in [0.3, 0.4) is 0 Å². The minimum atomic E-state index is -1.31. The molecule has 2 amide bonds. The maximum Gasteiger partial charge on any atom is 0.404 e. The number of amides is 2. The molecule has 0 spiro atoms. The van der Waals surface area contributed by atoms with Crippen LogP contribution in [-0.4, -0.2) is 40.2 Å². The van der Waals surface area contributed by atoms with E-state index in [2.05, 4.69) is 10.5 Å². The molecule has 162 valence electrons. The Kier molecular flexibility index (Phi) is 7.67. The molecular weight excluding hydrogens is 488 g/mol. The normalized spacial score (nSPS) is 10.9. The van der Waals surface area contributed by atoms with Crippen LogP contribution < -0.4 is 10.2 Å². The highest BCUT2D eigenvalue weighted by Gasteiger charge is 2.23. The van der Waals surface area contributed by atoms with Crippen LogP contribution in [0.15, 0.2) is 53.1 Å². The van der Waals surface area contributed by atoms with E-state index in [9.17, 15) is 9.59 Å². The van der Waals surface area contributed by atoms with Gasteiger partial charge in [0.25, 0.3) is 5.91 Å². The second-order valence-electron chi connectivity index (χ2n) is 6.25. The average Bonchev–Trinajstić information content (AvgIpc) is 3.20. The van der Waals surface area contributed by atoms with Crippen LogP contribution >= 0.6 is 46.4 Å². The molecule has 0 fully saturated rings. The Morgan fingerprint density at radius 3 is 2.42 bits per heavy atom. The first-order valence-electron chi connectivity index (χ1n) is 8.85. The molecule has 0 atom stereocenters. The number of hydrogen-bond donors (Lipinski definition) is 2. The van der Waals surface area contributed by atoms with Crippen LogP contribution in [0, 0.1) is 0 Å². The molecule has 3 aromatic rings. The molecule has 0 aliphatic carbocycles. The van der Waals surface area contributed by atoms with E-state index in [0.29, 0.717) is 38.3 Å². The van der Waals surface area contributed by atoms with Crippen molar-refractivity contribution in [3.8, 4) is 22.6 Å². The Balaban J connectivity index is 1.92. The van der Waals surface area contributed by atoms with E-state index in [4.69, 9.17) is 56.0 Å². The van der Waals surface area contributed by atoms with Gasteiger partial charge in [0.2, 0.25) is 0 Å². The molecule has 0 saturated carbocycles. The zero-order chi connectivity index (χ0) is 22.5. The van der Waals surface area contributed by atoms with Crippen molar-refractivity contribution in [3.63, 3.8) is 0 Å². The predicted molar refractivity (Wildman–Crippen MR) is 121 cm³/mol. The zero-order valence-electron chi connectivity index (χ0n) is 15.7. The van der Waals surface area contributed by atoms with E-state index in [0.717, 1.165) is 0 Å². The van der Waals surface area contributed by atoms with Gasteiger partial charge in [-0.05, 0) is 24.3 Å². The van der Waals surface area contributed by atoms with Gasteiger partial charge in [-0.2, -0.15) is 0 Å². The quantitative estimate of drug-likeness (QED) is 0.403. The summed E-state index contributed by atoms with van der Waals surface area (Å²) in [5.74, 6) is -0.175. The number of carbonyl (C=O) groups is 2. The van der Waals surface area contributed by atoms with Gasteiger partial charge in [-0.25, -0.2) is 4.79 Å². The van der Waals surface area contributed by atoms with E-state index in [1.165, 1.54) is 4.90 Å². The topological polar surface area (TPSA) is 95.7 Å². The van der Waals surface area contributed by atoms with Gasteiger partial charge in [0.15, 0.2) is 10.6 Å². The fourth-order valence-corrected chi connectivity index (χ4v) is 3.68. The first kappa shape index (κ1) is 23.2. The molecular formula is C20H15Cl4N3O4. The lowest BCUT2D eigenvalue weighted by atomic mass is 10.1. The summed E-state index contributed by atoms with van der Waals surface area (Å²) in [7, 11) is 0. The molecule has 0 bridgehead atoms. The average molecular weight is 503 g/mol. The second kappa shape index (κ2) is 10.2. The molecule has 2 aromatic carbocycles. The van der Waals surface area contributed by atoms with Crippen molar-refractivity contribution >= 4 is 64.1 Å². The van der Waals surface area contributed by atoms with Gasteiger partial charge in [0.05, 0.1) is 10.0 Å². The molecule has 0 aliphatic heterocycles. The number of nitrogens with zero attached hydrogens (tertiary/aromatic N) is 2. The summed E-state index contributed by atoms with van der Waals surface area (Å²) in [6.07, 6.45) is -1.21. The summed E-state index contributed by atoms with van der Waals surface area (Å²) in [6, 6.07) is 13.6. The summed E-state index contributed by atoms with van der Waals surface area (Å²) in [5, 5.41) is 15.9. The first-order valence-corrected chi connectivity index (χ1v) is 10.5. The van der Waals surface area contributed by atoms with Crippen LogP contribution in [0.5, 0.6) is 0 Å². The number of aromatic nitrogens is 1. The highest BCUT2D eigenvalue weighted by Crippen LogP contribution is 2.36. The summed E-state index contributed by atoms with van der Waals surface area (Å²) in [6.45, 7) is 0.0185. The number of anilines is 1. The molecule has 31 heavy (non-hydrogen) atoms. The monoisotopic (exact) mass is 501 g/mol. The lowest BCUT2D eigenvalue weighted by Crippen LogP contribution is -2.40. The number of carboxylic acid groups (broad SMARTS) is 1. The predicted octanol–water partition coefficient (Wildman–Crippen LogP) is 5.72. The van der Waals surface area contributed by atoms with E-state index in [1.54, 1.807) is 48.5 Å². The van der Waals surface area contributed by atoms with E-state index in [1.807, 2.05) is 0 Å². The van der Waals surface area contributed by atoms with E-state index >= 15 is 0 Å². The largest absolute Gasteiger partial charge is 0.465 e. The molecule has 0 saturated heterocycles. The van der Waals surface area contributed by atoms with Crippen molar-refractivity contribution in [1.82, 2.24) is 10.5 Å². The highest BCUT2D eigenvalue weighted by molar-refractivity contribution is 6.54.